The van der Waals surface area contributed by atoms with E-state index < -0.39 is 9.96 Å². The van der Waals surface area contributed by atoms with Crippen molar-refractivity contribution in [3.8, 4) is 5.75 Å². The molecule has 1 atom stereocenters. The van der Waals surface area contributed by atoms with Gasteiger partial charge in [0.25, 0.3) is 5.91 Å². The third-order valence-electron chi connectivity index (χ3n) is 3.40. The number of rotatable bonds is 5. The molecule has 0 aliphatic heterocycles. The maximum absolute atomic E-state index is 12.5. The lowest BCUT2D eigenvalue weighted by atomic mass is 10.1. The van der Waals surface area contributed by atoms with Gasteiger partial charge in [0.15, 0.2) is 0 Å². The third kappa shape index (κ3) is 4.69. The Bertz CT molecular complexity index is 717. The fraction of sp³-hybridized carbons (Fsp3) is 0.235. The molecule has 0 heterocycles. The van der Waals surface area contributed by atoms with Crippen molar-refractivity contribution in [3.05, 3.63) is 59.7 Å². The predicted molar refractivity (Wildman–Crippen MR) is 99.3 cm³/mol. The summed E-state index contributed by atoms with van der Waals surface area (Å²) >= 11 is 18.1. The average molecular weight is 388 g/mol. The number of nitrogens with one attached hydrogen (secondary N) is 2. The van der Waals surface area contributed by atoms with E-state index in [1.54, 1.807) is 24.3 Å². The Morgan fingerprint density at radius 1 is 1.08 bits per heavy atom. The molecule has 0 aromatic heterocycles. The number of para-hydroxylation sites is 2. The monoisotopic (exact) mass is 386 g/mol. The first-order chi connectivity index (χ1) is 11.3. The number of halogens is 3. The van der Waals surface area contributed by atoms with E-state index in [-0.39, 0.29) is 5.91 Å². The number of methoxy groups -OCH3 is 1. The molecule has 4 nitrogen and oxygen atoms in total. The molecule has 2 N–H and O–H groups in total. The van der Waals surface area contributed by atoms with Crippen molar-refractivity contribution >= 4 is 46.4 Å². The van der Waals surface area contributed by atoms with Crippen molar-refractivity contribution in [1.82, 2.24) is 5.32 Å². The number of carbonyl (C=O) groups excluding carboxylic acids is 1. The van der Waals surface area contributed by atoms with Crippen LogP contribution in [-0.4, -0.2) is 23.0 Å². The lowest BCUT2D eigenvalue weighted by Crippen LogP contribution is -2.49. The summed E-state index contributed by atoms with van der Waals surface area (Å²) in [5, 5.41) is 5.72. The van der Waals surface area contributed by atoms with E-state index in [4.69, 9.17) is 39.5 Å². The average Bonchev–Trinajstić information content (AvgIpc) is 2.54. The minimum absolute atomic E-state index is 0.341. The molecule has 0 fully saturated rings. The summed E-state index contributed by atoms with van der Waals surface area (Å²) in [7, 11) is 1.54. The van der Waals surface area contributed by atoms with Crippen molar-refractivity contribution in [2.45, 2.75) is 16.9 Å². The summed E-state index contributed by atoms with van der Waals surface area (Å²) in [5.41, 5.74) is 1.94. The highest BCUT2D eigenvalue weighted by Crippen LogP contribution is 2.33. The molecule has 0 aliphatic carbocycles. The molecule has 7 heteroatoms. The Morgan fingerprint density at radius 2 is 1.71 bits per heavy atom. The van der Waals surface area contributed by atoms with E-state index >= 15 is 0 Å². The van der Waals surface area contributed by atoms with Crippen LogP contribution < -0.4 is 15.4 Å². The van der Waals surface area contributed by atoms with Gasteiger partial charge in [-0.3, -0.25) is 4.79 Å². The zero-order valence-electron chi connectivity index (χ0n) is 13.1. The SMILES string of the molecule is COc1ccccc1N[C@@H](NC(=O)c1ccccc1C)C(Cl)(Cl)Cl. The van der Waals surface area contributed by atoms with Gasteiger partial charge in [0.2, 0.25) is 3.79 Å². The van der Waals surface area contributed by atoms with Gasteiger partial charge in [0, 0.05) is 5.56 Å². The molecule has 2 aromatic rings. The number of amides is 1. The van der Waals surface area contributed by atoms with Gasteiger partial charge in [-0.25, -0.2) is 0 Å². The summed E-state index contributed by atoms with van der Waals surface area (Å²) in [6, 6.07) is 14.3. The van der Waals surface area contributed by atoms with Gasteiger partial charge in [-0.05, 0) is 30.7 Å². The molecule has 0 saturated heterocycles. The van der Waals surface area contributed by atoms with Gasteiger partial charge in [-0.1, -0.05) is 65.1 Å². The van der Waals surface area contributed by atoms with E-state index in [9.17, 15) is 4.79 Å². The highest BCUT2D eigenvalue weighted by atomic mass is 35.6. The topological polar surface area (TPSA) is 50.4 Å². The third-order valence-corrected chi connectivity index (χ3v) is 4.05. The van der Waals surface area contributed by atoms with Gasteiger partial charge in [-0.2, -0.15) is 0 Å². The molecule has 1 amide bonds. The summed E-state index contributed by atoms with van der Waals surface area (Å²) < 4.78 is 3.50. The van der Waals surface area contributed by atoms with Crippen molar-refractivity contribution in [2.24, 2.45) is 0 Å². The van der Waals surface area contributed by atoms with Crippen molar-refractivity contribution in [2.75, 3.05) is 12.4 Å². The van der Waals surface area contributed by atoms with Crippen LogP contribution in [0.25, 0.3) is 0 Å². The van der Waals surface area contributed by atoms with Gasteiger partial charge in [-0.15, -0.1) is 0 Å². The summed E-state index contributed by atoms with van der Waals surface area (Å²) in [4.78, 5) is 12.5. The summed E-state index contributed by atoms with van der Waals surface area (Å²) in [6.07, 6.45) is -0.953. The van der Waals surface area contributed by atoms with E-state index in [0.717, 1.165) is 5.56 Å². The molecule has 2 aromatic carbocycles. The molecular formula is C17H17Cl3N2O2. The van der Waals surface area contributed by atoms with Crippen LogP contribution >= 0.6 is 34.8 Å². The molecule has 0 aliphatic rings. The Kier molecular flexibility index (Phi) is 6.21. The largest absolute Gasteiger partial charge is 0.495 e. The number of benzene rings is 2. The molecule has 0 radical (unpaired) electrons. The Labute approximate surface area is 156 Å². The fourth-order valence-electron chi connectivity index (χ4n) is 2.16. The Balaban J connectivity index is 2.24. The molecule has 2 rings (SSSR count). The van der Waals surface area contributed by atoms with Crippen LogP contribution in [0.2, 0.25) is 0 Å². The minimum atomic E-state index is -1.76. The lowest BCUT2D eigenvalue weighted by Gasteiger charge is -2.28. The van der Waals surface area contributed by atoms with Crippen LogP contribution in [0.5, 0.6) is 5.75 Å². The number of hydrogen-bond acceptors (Lipinski definition) is 3. The number of anilines is 1. The van der Waals surface area contributed by atoms with Gasteiger partial charge in [0.1, 0.15) is 11.9 Å². The van der Waals surface area contributed by atoms with E-state index in [0.29, 0.717) is 17.0 Å². The lowest BCUT2D eigenvalue weighted by molar-refractivity contribution is 0.0941. The maximum atomic E-state index is 12.5. The van der Waals surface area contributed by atoms with Gasteiger partial charge < -0.3 is 15.4 Å². The van der Waals surface area contributed by atoms with Crippen molar-refractivity contribution in [1.29, 1.82) is 0 Å². The van der Waals surface area contributed by atoms with Crippen LogP contribution in [0.15, 0.2) is 48.5 Å². The minimum Gasteiger partial charge on any atom is -0.495 e. The van der Waals surface area contributed by atoms with Gasteiger partial charge in [0.05, 0.1) is 12.8 Å². The van der Waals surface area contributed by atoms with Crippen molar-refractivity contribution < 1.29 is 9.53 Å². The molecule has 128 valence electrons. The van der Waals surface area contributed by atoms with Crippen LogP contribution in [0.4, 0.5) is 5.69 Å². The predicted octanol–water partition coefficient (Wildman–Crippen LogP) is 4.54. The maximum Gasteiger partial charge on any atom is 0.253 e. The second-order valence-electron chi connectivity index (χ2n) is 5.11. The normalized spacial score (nSPS) is 12.4. The number of carbonyl (C=O) groups is 1. The first-order valence-electron chi connectivity index (χ1n) is 7.15. The van der Waals surface area contributed by atoms with E-state index in [2.05, 4.69) is 10.6 Å². The highest BCUT2D eigenvalue weighted by molar-refractivity contribution is 6.68. The van der Waals surface area contributed by atoms with Crippen molar-refractivity contribution in [3.63, 3.8) is 0 Å². The van der Waals surface area contributed by atoms with E-state index in [1.165, 1.54) is 7.11 Å². The first kappa shape index (κ1) is 18.7. The Hall–Kier alpha value is -1.62. The standard InChI is InChI=1S/C17H17Cl3N2O2/c1-11-7-3-4-8-12(11)15(23)22-16(17(18,19)20)21-13-9-5-6-10-14(13)24-2/h3-10,16,21H,1-2H3,(H,22,23)/t16-/m0/s1. The van der Waals surface area contributed by atoms with E-state index in [1.807, 2.05) is 31.2 Å². The number of alkyl halides is 3. The zero-order valence-corrected chi connectivity index (χ0v) is 15.4. The van der Waals surface area contributed by atoms with Gasteiger partial charge >= 0.3 is 0 Å². The second-order valence-corrected chi connectivity index (χ2v) is 7.48. The Morgan fingerprint density at radius 3 is 2.33 bits per heavy atom. The molecular weight excluding hydrogens is 371 g/mol. The first-order valence-corrected chi connectivity index (χ1v) is 8.29. The zero-order chi connectivity index (χ0) is 17.7. The highest BCUT2D eigenvalue weighted by Gasteiger charge is 2.35. The molecule has 0 spiro atoms. The molecule has 0 saturated carbocycles. The number of aryl methyl sites for hydroxylation is 1. The molecule has 0 unspecified atom stereocenters. The molecule has 24 heavy (non-hydrogen) atoms. The quantitative estimate of drug-likeness (QED) is 0.585. The summed E-state index contributed by atoms with van der Waals surface area (Å²) in [6.45, 7) is 1.84. The second kappa shape index (κ2) is 7.97. The fourth-order valence-corrected chi connectivity index (χ4v) is 2.48. The van der Waals surface area contributed by atoms with Crippen LogP contribution in [0, 0.1) is 6.92 Å². The van der Waals surface area contributed by atoms with Crippen LogP contribution in [-0.2, 0) is 0 Å². The number of ether oxygens (including phenoxy) is 1. The van der Waals surface area contributed by atoms with Crippen LogP contribution in [0.1, 0.15) is 15.9 Å². The molecule has 0 bridgehead atoms. The number of hydrogen-bond donors (Lipinski definition) is 2. The van der Waals surface area contributed by atoms with Crippen LogP contribution in [0.3, 0.4) is 0 Å². The smallest absolute Gasteiger partial charge is 0.253 e. The summed E-state index contributed by atoms with van der Waals surface area (Å²) in [5.74, 6) is 0.230.